The summed E-state index contributed by atoms with van der Waals surface area (Å²) in [6.07, 6.45) is 2.17. The number of rotatable bonds is 6. The van der Waals surface area contributed by atoms with Crippen molar-refractivity contribution < 1.29 is 13.2 Å². The highest BCUT2D eigenvalue weighted by Gasteiger charge is 2.36. The van der Waals surface area contributed by atoms with Crippen molar-refractivity contribution in [3.8, 4) is 0 Å². The first-order chi connectivity index (χ1) is 16.9. The van der Waals surface area contributed by atoms with E-state index < -0.39 is 10.0 Å². The highest BCUT2D eigenvalue weighted by molar-refractivity contribution is 7.93. The topological polar surface area (TPSA) is 54.5 Å². The molecule has 1 atom stereocenters. The highest BCUT2D eigenvalue weighted by Crippen LogP contribution is 2.44. The van der Waals surface area contributed by atoms with Gasteiger partial charge < -0.3 is 0 Å². The molecular formula is C30H25NO3S. The van der Waals surface area contributed by atoms with E-state index in [9.17, 15) is 13.2 Å². The molecule has 0 saturated heterocycles. The number of anilines is 1. The van der Waals surface area contributed by atoms with Crippen molar-refractivity contribution in [3.05, 3.63) is 138 Å². The Hall–Kier alpha value is -3.96. The van der Waals surface area contributed by atoms with Gasteiger partial charge in [0.25, 0.3) is 10.0 Å². The lowest BCUT2D eigenvalue weighted by molar-refractivity contribution is 0.0978. The van der Waals surface area contributed by atoms with Crippen LogP contribution < -0.4 is 4.31 Å². The van der Waals surface area contributed by atoms with E-state index in [1.807, 2.05) is 97.9 Å². The minimum atomic E-state index is -3.91. The minimum Gasteiger partial charge on any atom is -0.294 e. The highest BCUT2D eigenvalue weighted by atomic mass is 32.2. The number of hydrogen-bond donors (Lipinski definition) is 0. The van der Waals surface area contributed by atoms with Gasteiger partial charge in [-0.15, -0.1) is 0 Å². The number of allylic oxidation sites excluding steroid dienone is 1. The van der Waals surface area contributed by atoms with Crippen molar-refractivity contribution >= 4 is 27.2 Å². The number of ketones is 1. The summed E-state index contributed by atoms with van der Waals surface area (Å²) in [5.74, 6) is -0.248. The number of benzene rings is 4. The summed E-state index contributed by atoms with van der Waals surface area (Å²) in [6, 6.07) is 33.0. The van der Waals surface area contributed by atoms with Gasteiger partial charge >= 0.3 is 0 Å². The number of carbonyl (C=O) groups excluding carboxylic acids is 1. The maximum atomic E-state index is 14.0. The normalized spacial score (nSPS) is 15.3. The molecule has 0 amide bonds. The van der Waals surface area contributed by atoms with E-state index in [-0.39, 0.29) is 23.0 Å². The van der Waals surface area contributed by atoms with Crippen molar-refractivity contribution in [2.75, 3.05) is 4.31 Å². The molecule has 0 N–H and O–H groups in total. The summed E-state index contributed by atoms with van der Waals surface area (Å²) in [6.45, 7) is 1.93. The average molecular weight is 480 g/mol. The fourth-order valence-electron chi connectivity index (χ4n) is 4.47. The first-order valence-electron chi connectivity index (χ1n) is 11.5. The molecule has 0 saturated carbocycles. The van der Waals surface area contributed by atoms with Crippen LogP contribution in [0.3, 0.4) is 0 Å². The largest absolute Gasteiger partial charge is 0.294 e. The lowest BCUT2D eigenvalue weighted by atomic mass is 9.86. The predicted molar refractivity (Wildman–Crippen MR) is 140 cm³/mol. The molecule has 1 heterocycles. The Kier molecular flexibility index (Phi) is 6.10. The van der Waals surface area contributed by atoms with Gasteiger partial charge in [-0.2, -0.15) is 0 Å². The van der Waals surface area contributed by atoms with Crippen LogP contribution in [-0.2, 0) is 10.0 Å². The lowest BCUT2D eigenvalue weighted by Gasteiger charge is -2.35. The van der Waals surface area contributed by atoms with Crippen LogP contribution in [0.5, 0.6) is 0 Å². The summed E-state index contributed by atoms with van der Waals surface area (Å²) < 4.78 is 29.4. The van der Waals surface area contributed by atoms with Gasteiger partial charge in [-0.1, -0.05) is 103 Å². The van der Waals surface area contributed by atoms with Gasteiger partial charge in [0, 0.05) is 17.9 Å². The fourth-order valence-corrected chi connectivity index (χ4v) is 6.01. The first-order valence-corrected chi connectivity index (χ1v) is 13.0. The third-order valence-corrected chi connectivity index (χ3v) is 8.00. The van der Waals surface area contributed by atoms with E-state index in [0.717, 1.165) is 16.7 Å². The number of hydrogen-bond acceptors (Lipinski definition) is 3. The van der Waals surface area contributed by atoms with E-state index in [1.165, 1.54) is 4.31 Å². The molecule has 0 aromatic heterocycles. The van der Waals surface area contributed by atoms with Gasteiger partial charge in [-0.05, 0) is 36.2 Å². The van der Waals surface area contributed by atoms with E-state index in [0.29, 0.717) is 16.9 Å². The van der Waals surface area contributed by atoms with Crippen LogP contribution in [0.1, 0.15) is 39.4 Å². The molecule has 0 fully saturated rings. The lowest BCUT2D eigenvalue weighted by Crippen LogP contribution is -2.33. The molecule has 1 aliphatic rings. The maximum absolute atomic E-state index is 14.0. The van der Waals surface area contributed by atoms with Crippen LogP contribution in [0, 0.1) is 6.92 Å². The summed E-state index contributed by atoms with van der Waals surface area (Å²) in [5, 5.41) is 0. The second-order valence-corrected chi connectivity index (χ2v) is 10.4. The molecule has 4 aromatic carbocycles. The SMILES string of the molecule is Cc1ccc(S(=O)(=O)N2C(c3ccccc3)=C[C@@H](CC(=O)c3ccccc3)c3ccccc32)cc1. The number of Topliss-reactive ketones (excluding diaryl/α,β-unsaturated/α-hetero) is 1. The molecule has 0 radical (unpaired) electrons. The molecule has 35 heavy (non-hydrogen) atoms. The predicted octanol–water partition coefficient (Wildman–Crippen LogP) is 6.60. The second kappa shape index (κ2) is 9.35. The van der Waals surface area contributed by atoms with Crippen LogP contribution in [0.2, 0.25) is 0 Å². The van der Waals surface area contributed by atoms with E-state index in [2.05, 4.69) is 0 Å². The number of fused-ring (bicyclic) bond motifs is 1. The molecule has 4 aromatic rings. The Morgan fingerprint density at radius 3 is 2.06 bits per heavy atom. The van der Waals surface area contributed by atoms with Crippen LogP contribution in [0.25, 0.3) is 5.70 Å². The van der Waals surface area contributed by atoms with Gasteiger partial charge in [0.05, 0.1) is 16.3 Å². The number of sulfonamides is 1. The van der Waals surface area contributed by atoms with Crippen molar-refractivity contribution in [2.45, 2.75) is 24.2 Å². The van der Waals surface area contributed by atoms with E-state index >= 15 is 0 Å². The monoisotopic (exact) mass is 479 g/mol. The molecule has 0 spiro atoms. The Morgan fingerprint density at radius 1 is 0.771 bits per heavy atom. The van der Waals surface area contributed by atoms with Crippen molar-refractivity contribution in [1.29, 1.82) is 0 Å². The molecule has 1 aliphatic heterocycles. The minimum absolute atomic E-state index is 0.0175. The maximum Gasteiger partial charge on any atom is 0.268 e. The van der Waals surface area contributed by atoms with E-state index in [1.54, 1.807) is 24.3 Å². The Labute approximate surface area is 206 Å². The van der Waals surface area contributed by atoms with Crippen LogP contribution in [-0.4, -0.2) is 14.2 Å². The molecular weight excluding hydrogens is 454 g/mol. The standard InChI is InChI=1S/C30H25NO3S/c1-22-16-18-26(19-17-22)35(33,34)31-28-15-9-8-14-27(28)25(20-29(31)23-10-4-2-5-11-23)21-30(32)24-12-6-3-7-13-24/h2-20,25H,21H2,1H3/t25-/m0/s1. The van der Waals surface area contributed by atoms with Crippen molar-refractivity contribution in [2.24, 2.45) is 0 Å². The van der Waals surface area contributed by atoms with Gasteiger partial charge in [0.2, 0.25) is 0 Å². The first kappa shape index (κ1) is 22.8. The molecule has 0 unspecified atom stereocenters. The molecule has 4 nitrogen and oxygen atoms in total. The van der Waals surface area contributed by atoms with E-state index in [4.69, 9.17) is 0 Å². The van der Waals surface area contributed by atoms with Crippen molar-refractivity contribution in [1.82, 2.24) is 0 Å². The van der Waals surface area contributed by atoms with Gasteiger partial charge in [0.1, 0.15) is 0 Å². The smallest absolute Gasteiger partial charge is 0.268 e. The van der Waals surface area contributed by atoms with Crippen molar-refractivity contribution in [3.63, 3.8) is 0 Å². The Morgan fingerprint density at radius 2 is 1.37 bits per heavy atom. The zero-order valence-corrected chi connectivity index (χ0v) is 20.2. The zero-order chi connectivity index (χ0) is 24.4. The number of nitrogens with zero attached hydrogens (tertiary/aromatic N) is 1. The number of para-hydroxylation sites is 1. The summed E-state index contributed by atoms with van der Waals surface area (Å²) in [4.78, 5) is 13.4. The Bertz CT molecular complexity index is 1490. The summed E-state index contributed by atoms with van der Waals surface area (Å²) in [5.41, 5.74) is 4.34. The number of carbonyl (C=O) groups is 1. The number of aryl methyl sites for hydroxylation is 1. The molecule has 174 valence electrons. The third kappa shape index (κ3) is 4.43. The second-order valence-electron chi connectivity index (χ2n) is 8.66. The molecule has 5 rings (SSSR count). The zero-order valence-electron chi connectivity index (χ0n) is 19.3. The molecule has 0 bridgehead atoms. The summed E-state index contributed by atoms with van der Waals surface area (Å²) >= 11 is 0. The summed E-state index contributed by atoms with van der Waals surface area (Å²) in [7, 11) is -3.91. The quantitative estimate of drug-likeness (QED) is 0.293. The fraction of sp³-hybridized carbons (Fsp3) is 0.100. The Balaban J connectivity index is 1.66. The van der Waals surface area contributed by atoms with Crippen LogP contribution in [0.15, 0.2) is 120 Å². The average Bonchev–Trinajstić information content (AvgIpc) is 2.89. The molecule has 5 heteroatoms. The van der Waals surface area contributed by atoms with Crippen LogP contribution in [0.4, 0.5) is 5.69 Å². The van der Waals surface area contributed by atoms with Gasteiger partial charge in [-0.3, -0.25) is 4.79 Å². The molecule has 0 aliphatic carbocycles. The van der Waals surface area contributed by atoms with Gasteiger partial charge in [-0.25, -0.2) is 12.7 Å². The third-order valence-electron chi connectivity index (χ3n) is 6.26. The van der Waals surface area contributed by atoms with Gasteiger partial charge in [0.15, 0.2) is 5.78 Å². The van der Waals surface area contributed by atoms with Crippen LogP contribution >= 0.6 is 0 Å².